The number of ether oxygens (including phenoxy) is 5. The smallest absolute Gasteiger partial charge is 0.339 e. The zero-order valence-corrected chi connectivity index (χ0v) is 23.8. The van der Waals surface area contributed by atoms with E-state index in [-0.39, 0.29) is 47.8 Å². The van der Waals surface area contributed by atoms with Gasteiger partial charge in [0.25, 0.3) is 0 Å². The molecule has 0 amide bonds. The third-order valence-electron chi connectivity index (χ3n) is 11.6. The number of hydrogen-bond donors (Lipinski definition) is 2. The fraction of sp³-hybridized carbons (Fsp3) is 0.767. The molecule has 5 heterocycles. The number of aliphatic hydroxyl groups excluding tert-OH is 2. The maximum Gasteiger partial charge on any atom is 0.339 e. The first-order chi connectivity index (χ1) is 18.7. The molecule has 6 fully saturated rings. The van der Waals surface area contributed by atoms with Crippen molar-refractivity contribution in [1.29, 1.82) is 0 Å². The van der Waals surface area contributed by atoms with Crippen LogP contribution < -0.4 is 0 Å². The van der Waals surface area contributed by atoms with Crippen LogP contribution in [0.15, 0.2) is 23.5 Å². The van der Waals surface area contributed by atoms with Gasteiger partial charge in [-0.15, -0.1) is 0 Å². The Balaban J connectivity index is 1.28. The van der Waals surface area contributed by atoms with E-state index in [4.69, 9.17) is 23.7 Å². The van der Waals surface area contributed by atoms with E-state index in [1.807, 2.05) is 26.8 Å². The summed E-state index contributed by atoms with van der Waals surface area (Å²) in [7, 11) is 1.48. The number of ketones is 1. The first-order valence-electron chi connectivity index (χ1n) is 14.3. The predicted octanol–water partition coefficient (Wildman–Crippen LogP) is 1.96. The minimum atomic E-state index is -1.58. The summed E-state index contributed by atoms with van der Waals surface area (Å²) in [5, 5.41) is 22.5. The number of carbonyl (C=O) groups is 3. The number of carbonyl (C=O) groups excluding carboxylic acids is 3. The van der Waals surface area contributed by atoms with Crippen LogP contribution in [0.25, 0.3) is 0 Å². The van der Waals surface area contributed by atoms with E-state index in [1.165, 1.54) is 7.11 Å². The summed E-state index contributed by atoms with van der Waals surface area (Å²) in [4.78, 5) is 39.0. The maximum absolute atomic E-state index is 14.5. The minimum absolute atomic E-state index is 0.00674. The Morgan fingerprint density at radius 1 is 1.15 bits per heavy atom. The second-order valence-electron chi connectivity index (χ2n) is 14.0. The second-order valence-corrected chi connectivity index (χ2v) is 14.0. The molecule has 7 aliphatic rings. The van der Waals surface area contributed by atoms with E-state index in [2.05, 4.69) is 6.92 Å². The van der Waals surface area contributed by atoms with E-state index >= 15 is 0 Å². The minimum Gasteiger partial charge on any atom is -0.454 e. The van der Waals surface area contributed by atoms with Crippen LogP contribution in [-0.2, 0) is 38.1 Å². The normalized spacial score (nSPS) is 53.5. The maximum atomic E-state index is 14.5. The van der Waals surface area contributed by atoms with Gasteiger partial charge in [0.15, 0.2) is 6.10 Å². The Morgan fingerprint density at radius 3 is 2.52 bits per heavy atom. The average molecular weight is 559 g/mol. The summed E-state index contributed by atoms with van der Waals surface area (Å²) >= 11 is 0. The first-order valence-corrected chi connectivity index (χ1v) is 14.3. The van der Waals surface area contributed by atoms with Crippen molar-refractivity contribution in [2.45, 2.75) is 101 Å². The highest BCUT2D eigenvalue weighted by Crippen LogP contribution is 2.76. The summed E-state index contributed by atoms with van der Waals surface area (Å²) < 4.78 is 30.6. The number of cyclic esters (lactones) is 1. The molecule has 2 N–H and O–H groups in total. The van der Waals surface area contributed by atoms with Crippen molar-refractivity contribution in [1.82, 2.24) is 0 Å². The number of hydrogen-bond acceptors (Lipinski definition) is 10. The van der Waals surface area contributed by atoms with Gasteiger partial charge in [-0.25, -0.2) is 9.59 Å². The van der Waals surface area contributed by atoms with Crippen molar-refractivity contribution in [2.75, 3.05) is 7.11 Å². The third-order valence-corrected chi connectivity index (χ3v) is 11.6. The summed E-state index contributed by atoms with van der Waals surface area (Å²) in [6.45, 7) is 9.63. The molecule has 10 heteroatoms. The number of fused-ring (bicyclic) bond motifs is 3. The zero-order valence-electron chi connectivity index (χ0n) is 23.8. The van der Waals surface area contributed by atoms with E-state index in [0.29, 0.717) is 24.2 Å². The molecular formula is C30H38O10. The van der Waals surface area contributed by atoms with Gasteiger partial charge < -0.3 is 33.9 Å². The lowest BCUT2D eigenvalue weighted by atomic mass is 9.69. The van der Waals surface area contributed by atoms with Crippen molar-refractivity contribution >= 4 is 17.7 Å². The van der Waals surface area contributed by atoms with Gasteiger partial charge in [-0.05, 0) is 69.4 Å². The lowest BCUT2D eigenvalue weighted by Crippen LogP contribution is -2.52. The molecule has 0 aromatic carbocycles. The summed E-state index contributed by atoms with van der Waals surface area (Å²) in [5.41, 5.74) is -2.96. The molecule has 218 valence electrons. The van der Waals surface area contributed by atoms with Crippen molar-refractivity contribution in [3.63, 3.8) is 0 Å². The number of esters is 2. The quantitative estimate of drug-likeness (QED) is 0.495. The molecule has 0 aromatic rings. The van der Waals surface area contributed by atoms with Crippen molar-refractivity contribution in [3.8, 4) is 0 Å². The van der Waals surface area contributed by atoms with Crippen molar-refractivity contribution in [3.05, 3.63) is 23.5 Å². The lowest BCUT2D eigenvalue weighted by molar-refractivity contribution is -0.256. The van der Waals surface area contributed by atoms with Crippen LogP contribution in [0.5, 0.6) is 0 Å². The molecule has 40 heavy (non-hydrogen) atoms. The number of allylic oxidation sites excluding steroid dienone is 2. The van der Waals surface area contributed by atoms with Gasteiger partial charge in [-0.1, -0.05) is 13.8 Å². The predicted molar refractivity (Wildman–Crippen MR) is 136 cm³/mol. The first kappa shape index (κ1) is 26.8. The largest absolute Gasteiger partial charge is 0.454 e. The Morgan fingerprint density at radius 2 is 1.88 bits per heavy atom. The molecule has 0 aromatic heterocycles. The van der Waals surface area contributed by atoms with Crippen LogP contribution >= 0.6 is 0 Å². The Labute approximate surface area is 233 Å². The number of rotatable bonds is 3. The fourth-order valence-electron chi connectivity index (χ4n) is 9.95. The number of methoxy groups -OCH3 is 1. The molecule has 2 saturated carbocycles. The van der Waals surface area contributed by atoms with Gasteiger partial charge >= 0.3 is 11.9 Å². The third kappa shape index (κ3) is 3.04. The molecule has 4 saturated heterocycles. The molecule has 2 bridgehead atoms. The Kier molecular flexibility index (Phi) is 5.24. The van der Waals surface area contributed by atoms with E-state index in [1.54, 1.807) is 13.0 Å². The van der Waals surface area contributed by atoms with Gasteiger partial charge in [0.05, 0.1) is 23.2 Å². The molecule has 5 aliphatic heterocycles. The van der Waals surface area contributed by atoms with Crippen LogP contribution in [0.4, 0.5) is 0 Å². The van der Waals surface area contributed by atoms with Gasteiger partial charge in [-0.2, -0.15) is 0 Å². The van der Waals surface area contributed by atoms with E-state index < -0.39 is 58.7 Å². The van der Waals surface area contributed by atoms with Crippen LogP contribution in [0, 0.1) is 35.0 Å². The molecule has 12 atom stereocenters. The van der Waals surface area contributed by atoms with Gasteiger partial charge in [0, 0.05) is 30.9 Å². The Hall–Kier alpha value is -2.11. The standard InChI is InChI=1S/C30H38O10/c1-13(9-15-10-14(2)24(34)37-15)18-21-27(18,5)7-8-28-12-29-17(26(3,4)38-23(29)20(32)25(35)39-29)11-16(31)19(28)22(33)30(21,36-6)40-28/h9-10,13,16-21,23,31-32H,7-8,11-12H2,1-6H3/t13-,16+,17+,18-,19+,20-,21+,23-,27-,28+,29-,30-/m1/s1. The van der Waals surface area contributed by atoms with E-state index in [0.717, 1.165) is 0 Å². The number of Topliss-reactive ketones (excluding diaryl/α,β-unsaturated/α-hetero) is 1. The molecule has 0 unspecified atom stereocenters. The van der Waals surface area contributed by atoms with Gasteiger partial charge in [-0.3, -0.25) is 4.79 Å². The van der Waals surface area contributed by atoms with Crippen LogP contribution in [0.1, 0.15) is 60.3 Å². The lowest BCUT2D eigenvalue weighted by Gasteiger charge is -2.41. The van der Waals surface area contributed by atoms with Crippen LogP contribution in [-0.4, -0.2) is 75.9 Å². The van der Waals surface area contributed by atoms with E-state index in [9.17, 15) is 24.6 Å². The fourth-order valence-corrected chi connectivity index (χ4v) is 9.95. The van der Waals surface area contributed by atoms with Crippen LogP contribution in [0.3, 0.4) is 0 Å². The molecule has 0 radical (unpaired) electrons. The number of aliphatic hydroxyl groups is 2. The molecular weight excluding hydrogens is 520 g/mol. The Bertz CT molecular complexity index is 1280. The molecule has 7 rings (SSSR count). The summed E-state index contributed by atoms with van der Waals surface area (Å²) in [5.74, 6) is -4.11. The van der Waals surface area contributed by atoms with Gasteiger partial charge in [0.1, 0.15) is 17.5 Å². The van der Waals surface area contributed by atoms with Crippen LogP contribution in [0.2, 0.25) is 0 Å². The topological polar surface area (TPSA) is 138 Å². The average Bonchev–Trinajstić information content (AvgIpc) is 3.11. The molecule has 2 aliphatic carbocycles. The molecule has 10 nitrogen and oxygen atoms in total. The zero-order chi connectivity index (χ0) is 28.8. The summed E-state index contributed by atoms with van der Waals surface area (Å²) in [6, 6.07) is 0. The second kappa shape index (κ2) is 7.83. The highest BCUT2D eigenvalue weighted by atomic mass is 16.7. The highest BCUT2D eigenvalue weighted by molar-refractivity contribution is 5.93. The van der Waals surface area contributed by atoms with Gasteiger partial charge in [0.2, 0.25) is 11.6 Å². The monoisotopic (exact) mass is 558 g/mol. The highest BCUT2D eigenvalue weighted by Gasteiger charge is 2.84. The SMILES string of the molecule is CO[C@@]12O[C@@]3(CC[C@]4(C)[C@H]([C@H](C)C=C5C=C(C)C(=O)O5)[C@H]14)C[C@]14OC(=O)[C@H](O)[C@H]1OC(C)(C)[C@@H]4C[C@H](O)[C@H]3C2=O. The summed E-state index contributed by atoms with van der Waals surface area (Å²) in [6.07, 6.45) is 1.64. The molecule has 2 spiro atoms. The van der Waals surface area contributed by atoms with Crippen molar-refractivity contribution < 1.29 is 48.3 Å². The van der Waals surface area contributed by atoms with Crippen molar-refractivity contribution in [2.24, 2.45) is 35.0 Å².